The number of methoxy groups -OCH3 is 1. The van der Waals surface area contributed by atoms with Crippen LogP contribution in [0.4, 0.5) is 0 Å². The summed E-state index contributed by atoms with van der Waals surface area (Å²) in [6, 6.07) is 16.2. The first-order chi connectivity index (χ1) is 13.2. The van der Waals surface area contributed by atoms with Crippen LogP contribution in [-0.4, -0.2) is 28.2 Å². The van der Waals surface area contributed by atoms with Gasteiger partial charge in [0.05, 0.1) is 18.2 Å². The Hall–Kier alpha value is -3.74. The van der Waals surface area contributed by atoms with Crippen LogP contribution < -0.4 is 4.74 Å². The lowest BCUT2D eigenvalue weighted by Gasteiger charge is -2.05. The Morgan fingerprint density at radius 1 is 1.11 bits per heavy atom. The largest absolute Gasteiger partial charge is 0.497 e. The Bertz CT molecular complexity index is 1100. The van der Waals surface area contributed by atoms with E-state index >= 15 is 0 Å². The number of esters is 1. The highest BCUT2D eigenvalue weighted by Gasteiger charge is 2.15. The summed E-state index contributed by atoms with van der Waals surface area (Å²) in [6.07, 6.45) is 1.68. The number of hydrogen-bond donors (Lipinski definition) is 0. The molecule has 7 heteroatoms. The molecule has 27 heavy (non-hydrogen) atoms. The zero-order chi connectivity index (χ0) is 18.6. The first-order valence-electron chi connectivity index (χ1n) is 8.22. The fourth-order valence-corrected chi connectivity index (χ4v) is 2.68. The van der Waals surface area contributed by atoms with Gasteiger partial charge in [0, 0.05) is 17.1 Å². The van der Waals surface area contributed by atoms with Gasteiger partial charge in [0.2, 0.25) is 5.82 Å². The molecule has 2 aromatic heterocycles. The van der Waals surface area contributed by atoms with Crippen molar-refractivity contribution in [3.63, 3.8) is 0 Å². The summed E-state index contributed by atoms with van der Waals surface area (Å²) in [6.45, 7) is -0.119. The van der Waals surface area contributed by atoms with Gasteiger partial charge in [0.25, 0.3) is 5.89 Å². The summed E-state index contributed by atoms with van der Waals surface area (Å²) >= 11 is 0. The second kappa shape index (κ2) is 7.25. The third-order valence-corrected chi connectivity index (χ3v) is 3.99. The SMILES string of the molecule is COc1cccc(-c2noc(COC(=O)c3cccc4ncccc34)n2)c1. The van der Waals surface area contributed by atoms with Gasteiger partial charge < -0.3 is 14.0 Å². The molecule has 0 fully saturated rings. The predicted octanol–water partition coefficient (Wildman–Crippen LogP) is 3.65. The molecule has 7 nitrogen and oxygen atoms in total. The Labute approximate surface area is 154 Å². The molecule has 0 N–H and O–H groups in total. The zero-order valence-corrected chi connectivity index (χ0v) is 14.5. The topological polar surface area (TPSA) is 87.3 Å². The van der Waals surface area contributed by atoms with Crippen LogP contribution >= 0.6 is 0 Å². The van der Waals surface area contributed by atoms with Gasteiger partial charge in [-0.2, -0.15) is 4.98 Å². The van der Waals surface area contributed by atoms with Crippen molar-refractivity contribution in [2.24, 2.45) is 0 Å². The van der Waals surface area contributed by atoms with E-state index in [9.17, 15) is 4.79 Å². The van der Waals surface area contributed by atoms with Crippen molar-refractivity contribution in [3.8, 4) is 17.1 Å². The van der Waals surface area contributed by atoms with E-state index in [1.165, 1.54) is 0 Å². The fraction of sp³-hybridized carbons (Fsp3) is 0.100. The van der Waals surface area contributed by atoms with Crippen molar-refractivity contribution in [1.82, 2.24) is 15.1 Å². The second-order valence-corrected chi connectivity index (χ2v) is 5.70. The smallest absolute Gasteiger partial charge is 0.339 e. The van der Waals surface area contributed by atoms with E-state index in [4.69, 9.17) is 14.0 Å². The molecular formula is C20H15N3O4. The van der Waals surface area contributed by atoms with E-state index in [1.54, 1.807) is 37.6 Å². The molecule has 0 amide bonds. The second-order valence-electron chi connectivity index (χ2n) is 5.70. The summed E-state index contributed by atoms with van der Waals surface area (Å²) in [4.78, 5) is 20.9. The molecule has 0 aliphatic carbocycles. The minimum absolute atomic E-state index is 0.119. The highest BCUT2D eigenvalue weighted by atomic mass is 16.6. The summed E-state index contributed by atoms with van der Waals surface area (Å²) in [5.41, 5.74) is 1.91. The quantitative estimate of drug-likeness (QED) is 0.501. The van der Waals surface area contributed by atoms with Crippen LogP contribution in [0.2, 0.25) is 0 Å². The van der Waals surface area contributed by atoms with Gasteiger partial charge in [-0.1, -0.05) is 29.4 Å². The number of benzene rings is 2. The molecule has 0 spiro atoms. The summed E-state index contributed by atoms with van der Waals surface area (Å²) in [5.74, 6) is 0.818. The molecule has 0 aliphatic heterocycles. The molecule has 2 heterocycles. The molecule has 134 valence electrons. The number of fused-ring (bicyclic) bond motifs is 1. The lowest BCUT2D eigenvalue weighted by Crippen LogP contribution is -2.06. The van der Waals surface area contributed by atoms with E-state index < -0.39 is 5.97 Å². The van der Waals surface area contributed by atoms with Crippen molar-refractivity contribution in [2.75, 3.05) is 7.11 Å². The average molecular weight is 361 g/mol. The Kier molecular flexibility index (Phi) is 4.49. The van der Waals surface area contributed by atoms with E-state index in [-0.39, 0.29) is 12.5 Å². The van der Waals surface area contributed by atoms with Crippen molar-refractivity contribution in [2.45, 2.75) is 6.61 Å². The van der Waals surface area contributed by atoms with Gasteiger partial charge in [0.15, 0.2) is 6.61 Å². The van der Waals surface area contributed by atoms with E-state index in [1.807, 2.05) is 30.3 Å². The van der Waals surface area contributed by atoms with E-state index in [2.05, 4.69) is 15.1 Å². The number of hydrogen-bond acceptors (Lipinski definition) is 7. The van der Waals surface area contributed by atoms with Gasteiger partial charge in [-0.3, -0.25) is 4.98 Å². The highest BCUT2D eigenvalue weighted by Crippen LogP contribution is 2.22. The maximum Gasteiger partial charge on any atom is 0.339 e. The molecule has 0 saturated heterocycles. The van der Waals surface area contributed by atoms with Crippen LogP contribution in [0.1, 0.15) is 16.2 Å². The molecule has 0 saturated carbocycles. The standard InChI is InChI=1S/C20H15N3O4/c1-25-14-6-2-5-13(11-14)19-22-18(27-23-19)12-26-20(24)16-7-3-9-17-15(16)8-4-10-21-17/h2-11H,12H2,1H3. The monoisotopic (exact) mass is 361 g/mol. The molecule has 0 radical (unpaired) electrons. The van der Waals surface area contributed by atoms with Crippen LogP contribution in [0.3, 0.4) is 0 Å². The normalized spacial score (nSPS) is 10.7. The number of ether oxygens (including phenoxy) is 2. The van der Waals surface area contributed by atoms with Crippen LogP contribution in [0.5, 0.6) is 5.75 Å². The Balaban J connectivity index is 1.49. The molecule has 4 rings (SSSR count). The molecule has 0 atom stereocenters. The molecule has 0 aliphatic rings. The van der Waals surface area contributed by atoms with Crippen molar-refractivity contribution in [3.05, 3.63) is 72.2 Å². The Morgan fingerprint density at radius 3 is 2.89 bits per heavy atom. The lowest BCUT2D eigenvalue weighted by molar-refractivity contribution is 0.0432. The van der Waals surface area contributed by atoms with Crippen LogP contribution in [0, 0.1) is 0 Å². The summed E-state index contributed by atoms with van der Waals surface area (Å²) < 4.78 is 15.7. The fourth-order valence-electron chi connectivity index (χ4n) is 2.68. The number of pyridine rings is 1. The van der Waals surface area contributed by atoms with Crippen molar-refractivity contribution in [1.29, 1.82) is 0 Å². The maximum atomic E-state index is 12.4. The van der Waals surface area contributed by atoms with E-state index in [0.717, 1.165) is 16.5 Å². The number of nitrogens with zero attached hydrogens (tertiary/aromatic N) is 3. The molecule has 4 aromatic rings. The van der Waals surface area contributed by atoms with Crippen LogP contribution in [0.15, 0.2) is 65.3 Å². The minimum atomic E-state index is -0.477. The maximum absolute atomic E-state index is 12.4. The summed E-state index contributed by atoms with van der Waals surface area (Å²) in [5, 5.41) is 4.65. The zero-order valence-electron chi connectivity index (χ0n) is 14.5. The lowest BCUT2D eigenvalue weighted by atomic mass is 10.1. The van der Waals surface area contributed by atoms with Crippen LogP contribution in [-0.2, 0) is 11.3 Å². The first-order valence-corrected chi connectivity index (χ1v) is 8.22. The third kappa shape index (κ3) is 3.48. The average Bonchev–Trinajstić information content (AvgIpc) is 3.21. The van der Waals surface area contributed by atoms with Gasteiger partial charge in [-0.05, 0) is 30.3 Å². The molecular weight excluding hydrogens is 346 g/mol. The van der Waals surface area contributed by atoms with E-state index in [0.29, 0.717) is 17.1 Å². The Morgan fingerprint density at radius 2 is 2.00 bits per heavy atom. The minimum Gasteiger partial charge on any atom is -0.497 e. The van der Waals surface area contributed by atoms with Crippen molar-refractivity contribution < 1.29 is 18.8 Å². The molecule has 0 bridgehead atoms. The van der Waals surface area contributed by atoms with Gasteiger partial charge in [0.1, 0.15) is 5.75 Å². The van der Waals surface area contributed by atoms with Crippen molar-refractivity contribution >= 4 is 16.9 Å². The number of carbonyl (C=O) groups excluding carboxylic acids is 1. The number of carbonyl (C=O) groups is 1. The molecule has 0 unspecified atom stereocenters. The summed E-state index contributed by atoms with van der Waals surface area (Å²) in [7, 11) is 1.59. The number of aromatic nitrogens is 3. The first kappa shape index (κ1) is 16.7. The number of rotatable bonds is 5. The van der Waals surface area contributed by atoms with Gasteiger partial charge >= 0.3 is 5.97 Å². The van der Waals surface area contributed by atoms with Gasteiger partial charge in [-0.25, -0.2) is 4.79 Å². The predicted molar refractivity (Wildman–Crippen MR) is 97.1 cm³/mol. The van der Waals surface area contributed by atoms with Crippen LogP contribution in [0.25, 0.3) is 22.3 Å². The third-order valence-electron chi connectivity index (χ3n) is 3.99. The molecule has 2 aromatic carbocycles. The highest BCUT2D eigenvalue weighted by molar-refractivity contribution is 6.03. The van der Waals surface area contributed by atoms with Gasteiger partial charge in [-0.15, -0.1) is 0 Å².